The number of carbonyl (C=O) groups is 1. The Morgan fingerprint density at radius 1 is 1.12 bits per heavy atom. The normalized spacial score (nSPS) is 17.6. The van der Waals surface area contributed by atoms with Crippen LogP contribution < -0.4 is 15.5 Å². The summed E-state index contributed by atoms with van der Waals surface area (Å²) in [7, 11) is 0. The van der Waals surface area contributed by atoms with Crippen LogP contribution in [-0.4, -0.2) is 40.7 Å². The zero-order chi connectivity index (χ0) is 17.4. The van der Waals surface area contributed by atoms with Crippen LogP contribution in [0.5, 0.6) is 0 Å². The summed E-state index contributed by atoms with van der Waals surface area (Å²) >= 11 is 0. The van der Waals surface area contributed by atoms with E-state index in [-0.39, 0.29) is 5.92 Å². The highest BCUT2D eigenvalue weighted by Crippen LogP contribution is 2.39. The Hall–Kier alpha value is -2.83. The Balaban J connectivity index is 1.61. The van der Waals surface area contributed by atoms with Crippen molar-refractivity contribution in [1.82, 2.24) is 9.97 Å². The number of anilines is 4. The minimum atomic E-state index is -0.718. The smallest absolute Gasteiger partial charge is 0.306 e. The lowest BCUT2D eigenvalue weighted by molar-refractivity contribution is -0.142. The maximum atomic E-state index is 11.1. The van der Waals surface area contributed by atoms with E-state index in [4.69, 9.17) is 10.8 Å². The van der Waals surface area contributed by atoms with Gasteiger partial charge in [-0.05, 0) is 30.9 Å². The number of rotatable bonds is 3. The molecule has 130 valence electrons. The van der Waals surface area contributed by atoms with Gasteiger partial charge in [-0.15, -0.1) is 0 Å². The number of aromatic nitrogens is 2. The maximum absolute atomic E-state index is 11.1. The van der Waals surface area contributed by atoms with Crippen LogP contribution in [0.3, 0.4) is 0 Å². The molecule has 1 aromatic carbocycles. The lowest BCUT2D eigenvalue weighted by atomic mass is 9.97. The van der Waals surface area contributed by atoms with E-state index in [9.17, 15) is 4.79 Å². The van der Waals surface area contributed by atoms with Crippen LogP contribution in [0.4, 0.5) is 23.0 Å². The zero-order valence-corrected chi connectivity index (χ0v) is 13.9. The number of nitrogen functional groups attached to an aromatic ring is 1. The first-order chi connectivity index (χ1) is 12.1. The van der Waals surface area contributed by atoms with Gasteiger partial charge < -0.3 is 20.6 Å². The van der Waals surface area contributed by atoms with E-state index in [1.165, 1.54) is 5.56 Å². The Kier molecular flexibility index (Phi) is 3.91. The summed E-state index contributed by atoms with van der Waals surface area (Å²) < 4.78 is 0. The van der Waals surface area contributed by atoms with Crippen molar-refractivity contribution >= 4 is 29.0 Å². The molecule has 1 fully saturated rings. The molecule has 0 saturated carbocycles. The van der Waals surface area contributed by atoms with Crippen molar-refractivity contribution in [3.05, 3.63) is 36.2 Å². The molecule has 7 nitrogen and oxygen atoms in total. The Bertz CT molecular complexity index is 802. The van der Waals surface area contributed by atoms with Crippen LogP contribution >= 0.6 is 0 Å². The minimum Gasteiger partial charge on any atom is -0.481 e. The number of fused-ring (bicyclic) bond motifs is 1. The molecule has 25 heavy (non-hydrogen) atoms. The summed E-state index contributed by atoms with van der Waals surface area (Å²) in [5, 5.41) is 9.15. The lowest BCUT2D eigenvalue weighted by Gasteiger charge is -2.32. The van der Waals surface area contributed by atoms with Gasteiger partial charge >= 0.3 is 5.97 Å². The van der Waals surface area contributed by atoms with E-state index >= 15 is 0 Å². The number of nitrogens with zero attached hydrogens (tertiary/aromatic N) is 4. The highest BCUT2D eigenvalue weighted by molar-refractivity contribution is 5.82. The van der Waals surface area contributed by atoms with Crippen molar-refractivity contribution in [2.24, 2.45) is 5.92 Å². The van der Waals surface area contributed by atoms with Crippen molar-refractivity contribution in [3.8, 4) is 0 Å². The van der Waals surface area contributed by atoms with Crippen LogP contribution in [0.15, 0.2) is 30.6 Å². The van der Waals surface area contributed by atoms with Gasteiger partial charge in [0, 0.05) is 25.3 Å². The summed E-state index contributed by atoms with van der Waals surface area (Å²) in [6, 6.07) is 8.28. The second-order valence-corrected chi connectivity index (χ2v) is 6.56. The molecule has 0 atom stereocenters. The van der Waals surface area contributed by atoms with Gasteiger partial charge in [0.15, 0.2) is 11.6 Å². The first-order valence-corrected chi connectivity index (χ1v) is 8.59. The van der Waals surface area contributed by atoms with Crippen molar-refractivity contribution in [1.29, 1.82) is 0 Å². The third-order valence-corrected chi connectivity index (χ3v) is 5.13. The van der Waals surface area contributed by atoms with Crippen LogP contribution in [0.25, 0.3) is 0 Å². The van der Waals surface area contributed by atoms with Gasteiger partial charge in [-0.2, -0.15) is 0 Å². The number of para-hydroxylation sites is 1. The second kappa shape index (κ2) is 6.23. The Morgan fingerprint density at radius 3 is 2.60 bits per heavy atom. The summed E-state index contributed by atoms with van der Waals surface area (Å²) in [4.78, 5) is 24.1. The lowest BCUT2D eigenvalue weighted by Crippen LogP contribution is -2.37. The molecule has 2 aliphatic rings. The quantitative estimate of drug-likeness (QED) is 0.883. The van der Waals surface area contributed by atoms with Gasteiger partial charge in [-0.1, -0.05) is 18.2 Å². The third kappa shape index (κ3) is 2.75. The van der Waals surface area contributed by atoms with Gasteiger partial charge in [-0.3, -0.25) is 4.79 Å². The molecule has 2 aromatic rings. The van der Waals surface area contributed by atoms with Crippen molar-refractivity contribution in [2.75, 3.05) is 35.2 Å². The number of nitrogens with two attached hydrogens (primary N) is 1. The molecule has 4 rings (SSSR count). The zero-order valence-electron chi connectivity index (χ0n) is 13.9. The number of hydrogen-bond donors (Lipinski definition) is 2. The molecule has 3 N–H and O–H groups in total. The molecule has 3 heterocycles. The third-order valence-electron chi connectivity index (χ3n) is 5.13. The highest BCUT2D eigenvalue weighted by Gasteiger charge is 2.29. The molecular formula is C18H21N5O2. The average Bonchev–Trinajstić information content (AvgIpc) is 3.06. The summed E-state index contributed by atoms with van der Waals surface area (Å²) in [6.45, 7) is 2.14. The predicted molar refractivity (Wildman–Crippen MR) is 96.2 cm³/mol. The number of aliphatic carboxylic acids is 1. The van der Waals surface area contributed by atoms with Crippen LogP contribution in [0, 0.1) is 5.92 Å². The Morgan fingerprint density at radius 2 is 1.84 bits per heavy atom. The molecule has 2 aliphatic heterocycles. The molecule has 1 saturated heterocycles. The standard InChI is InChI=1S/C18H21N5O2/c19-15-16(22-8-5-13(6-9-22)18(24)25)20-11-21-17(15)23-10-7-12-3-1-2-4-14(12)23/h1-4,11,13H,5-10,19H2,(H,24,25). The van der Waals surface area contributed by atoms with Crippen molar-refractivity contribution < 1.29 is 9.90 Å². The van der Waals surface area contributed by atoms with E-state index in [2.05, 4.69) is 31.9 Å². The Labute approximate surface area is 146 Å². The molecule has 0 aliphatic carbocycles. The van der Waals surface area contributed by atoms with Gasteiger partial charge in [0.05, 0.1) is 5.92 Å². The van der Waals surface area contributed by atoms with Crippen LogP contribution in [-0.2, 0) is 11.2 Å². The molecule has 0 spiro atoms. The van der Waals surface area contributed by atoms with Gasteiger partial charge in [0.25, 0.3) is 0 Å². The molecule has 0 bridgehead atoms. The number of carboxylic acid groups (broad SMARTS) is 1. The number of hydrogen-bond acceptors (Lipinski definition) is 6. The van der Waals surface area contributed by atoms with Gasteiger partial charge in [-0.25, -0.2) is 9.97 Å². The van der Waals surface area contributed by atoms with Crippen molar-refractivity contribution in [2.45, 2.75) is 19.3 Å². The first-order valence-electron chi connectivity index (χ1n) is 8.59. The average molecular weight is 339 g/mol. The fourth-order valence-electron chi connectivity index (χ4n) is 3.74. The molecule has 0 unspecified atom stereocenters. The monoisotopic (exact) mass is 339 g/mol. The molecule has 7 heteroatoms. The molecule has 0 radical (unpaired) electrons. The summed E-state index contributed by atoms with van der Waals surface area (Å²) in [5.74, 6) is 0.447. The second-order valence-electron chi connectivity index (χ2n) is 6.56. The molecular weight excluding hydrogens is 318 g/mol. The summed E-state index contributed by atoms with van der Waals surface area (Å²) in [5.41, 5.74) is 9.42. The fourth-order valence-corrected chi connectivity index (χ4v) is 3.74. The van der Waals surface area contributed by atoms with E-state index in [1.54, 1.807) is 6.33 Å². The number of carboxylic acids is 1. The summed E-state index contributed by atoms with van der Waals surface area (Å²) in [6.07, 6.45) is 3.74. The van der Waals surface area contributed by atoms with Crippen molar-refractivity contribution in [3.63, 3.8) is 0 Å². The minimum absolute atomic E-state index is 0.274. The fraction of sp³-hybridized carbons (Fsp3) is 0.389. The molecule has 1 aromatic heterocycles. The topological polar surface area (TPSA) is 95.6 Å². The van der Waals surface area contributed by atoms with E-state index < -0.39 is 5.97 Å². The van der Waals surface area contributed by atoms with Crippen LogP contribution in [0.2, 0.25) is 0 Å². The maximum Gasteiger partial charge on any atom is 0.306 e. The van der Waals surface area contributed by atoms with Gasteiger partial charge in [0.2, 0.25) is 0 Å². The largest absolute Gasteiger partial charge is 0.481 e. The number of piperidine rings is 1. The number of benzene rings is 1. The first kappa shape index (κ1) is 15.7. The van der Waals surface area contributed by atoms with E-state index in [1.807, 2.05) is 12.1 Å². The van der Waals surface area contributed by atoms with E-state index in [0.29, 0.717) is 37.4 Å². The van der Waals surface area contributed by atoms with E-state index in [0.717, 1.165) is 24.5 Å². The molecule has 0 amide bonds. The van der Waals surface area contributed by atoms with Crippen LogP contribution in [0.1, 0.15) is 18.4 Å². The van der Waals surface area contributed by atoms with Gasteiger partial charge in [0.1, 0.15) is 12.0 Å². The highest BCUT2D eigenvalue weighted by atomic mass is 16.4. The predicted octanol–water partition coefficient (Wildman–Crippen LogP) is 2.05. The SMILES string of the molecule is Nc1c(N2CCC(C(=O)O)CC2)ncnc1N1CCc2ccccc21.